The van der Waals surface area contributed by atoms with E-state index in [4.69, 9.17) is 0 Å². The van der Waals surface area contributed by atoms with Crippen molar-refractivity contribution in [3.63, 3.8) is 0 Å². The van der Waals surface area contributed by atoms with E-state index < -0.39 is 0 Å². The zero-order valence-electron chi connectivity index (χ0n) is 9.76. The topological polar surface area (TPSA) is 50.2 Å². The van der Waals surface area contributed by atoms with Crippen molar-refractivity contribution in [3.8, 4) is 0 Å². The molecule has 0 spiro atoms. The lowest BCUT2D eigenvalue weighted by atomic mass is 10.3. The van der Waals surface area contributed by atoms with E-state index >= 15 is 0 Å². The number of amides is 1. The molecular weight excluding hydrogens is 204 g/mol. The van der Waals surface area contributed by atoms with Crippen molar-refractivity contribution in [1.29, 1.82) is 0 Å². The largest absolute Gasteiger partial charge is 0.336 e. The number of imidazole rings is 1. The highest BCUT2D eigenvalue weighted by molar-refractivity contribution is 5.76. The molecule has 1 heterocycles. The van der Waals surface area contributed by atoms with Gasteiger partial charge in [0.05, 0.1) is 0 Å². The molecule has 5 nitrogen and oxygen atoms in total. The third-order valence-corrected chi connectivity index (χ3v) is 3.11. The van der Waals surface area contributed by atoms with Gasteiger partial charge in [0.2, 0.25) is 0 Å². The summed E-state index contributed by atoms with van der Waals surface area (Å²) in [5.74, 6) is 0. The molecule has 2 rings (SSSR count). The fourth-order valence-electron chi connectivity index (χ4n) is 1.69. The quantitative estimate of drug-likeness (QED) is 0.824. The van der Waals surface area contributed by atoms with E-state index in [2.05, 4.69) is 29.2 Å². The van der Waals surface area contributed by atoms with Crippen LogP contribution in [0.5, 0.6) is 0 Å². The van der Waals surface area contributed by atoms with Crippen LogP contribution in [0.15, 0.2) is 18.7 Å². The van der Waals surface area contributed by atoms with Crippen molar-refractivity contribution < 1.29 is 4.79 Å². The van der Waals surface area contributed by atoms with E-state index in [0.717, 1.165) is 6.04 Å². The first-order valence-electron chi connectivity index (χ1n) is 5.66. The highest BCUT2D eigenvalue weighted by Crippen LogP contribution is 2.26. The van der Waals surface area contributed by atoms with Gasteiger partial charge in [-0.25, -0.2) is 9.78 Å². The molecule has 1 saturated carbocycles. The summed E-state index contributed by atoms with van der Waals surface area (Å²) in [7, 11) is 2.12. The summed E-state index contributed by atoms with van der Waals surface area (Å²) in [4.78, 5) is 17.8. The van der Waals surface area contributed by atoms with Crippen LogP contribution in [-0.4, -0.2) is 46.2 Å². The molecule has 5 heteroatoms. The Balaban J connectivity index is 1.76. The Bertz CT molecular complexity index is 345. The smallest absolute Gasteiger partial charge is 0.326 e. The number of likely N-dealkylation sites (N-methyl/N-ethyl adjacent to an activating group) is 1. The van der Waals surface area contributed by atoms with Crippen molar-refractivity contribution in [3.05, 3.63) is 18.7 Å². The minimum atomic E-state index is -0.117. The Labute approximate surface area is 95.5 Å². The molecule has 1 fully saturated rings. The molecule has 0 aromatic carbocycles. The van der Waals surface area contributed by atoms with Gasteiger partial charge in [-0.3, -0.25) is 9.47 Å². The van der Waals surface area contributed by atoms with Gasteiger partial charge in [0.1, 0.15) is 6.33 Å². The fourth-order valence-corrected chi connectivity index (χ4v) is 1.69. The second-order valence-corrected chi connectivity index (χ2v) is 4.40. The predicted molar refractivity (Wildman–Crippen MR) is 61.3 cm³/mol. The van der Waals surface area contributed by atoms with Crippen LogP contribution in [-0.2, 0) is 0 Å². The molecule has 1 aromatic rings. The Kier molecular flexibility index (Phi) is 3.24. The second-order valence-electron chi connectivity index (χ2n) is 4.40. The zero-order chi connectivity index (χ0) is 11.5. The predicted octanol–water partition coefficient (Wildman–Crippen LogP) is 0.923. The summed E-state index contributed by atoms with van der Waals surface area (Å²) >= 11 is 0. The first-order chi connectivity index (χ1) is 7.68. The van der Waals surface area contributed by atoms with E-state index in [9.17, 15) is 4.79 Å². The van der Waals surface area contributed by atoms with Gasteiger partial charge in [-0.1, -0.05) is 0 Å². The van der Waals surface area contributed by atoms with E-state index in [-0.39, 0.29) is 6.03 Å². The third kappa shape index (κ3) is 2.61. The number of nitrogens with one attached hydrogen (secondary N) is 1. The summed E-state index contributed by atoms with van der Waals surface area (Å²) in [6.07, 6.45) is 7.32. The number of hydrogen-bond donors (Lipinski definition) is 1. The Morgan fingerprint density at radius 3 is 3.00 bits per heavy atom. The summed E-state index contributed by atoms with van der Waals surface area (Å²) in [5, 5.41) is 2.89. The van der Waals surface area contributed by atoms with Crippen LogP contribution in [0.1, 0.15) is 19.8 Å². The molecule has 0 bridgehead atoms. The lowest BCUT2D eigenvalue weighted by Gasteiger charge is -2.24. The Morgan fingerprint density at radius 1 is 1.69 bits per heavy atom. The molecule has 1 atom stereocenters. The van der Waals surface area contributed by atoms with Crippen LogP contribution in [0.25, 0.3) is 0 Å². The maximum Gasteiger partial charge on any atom is 0.326 e. The number of nitrogens with zero attached hydrogens (tertiary/aromatic N) is 3. The zero-order valence-corrected chi connectivity index (χ0v) is 9.76. The third-order valence-electron chi connectivity index (χ3n) is 3.11. The number of rotatable bonds is 4. The molecule has 0 radical (unpaired) electrons. The summed E-state index contributed by atoms with van der Waals surface area (Å²) in [5.41, 5.74) is 0. The number of aromatic nitrogens is 2. The molecule has 1 aliphatic carbocycles. The van der Waals surface area contributed by atoms with Crippen LogP contribution in [0.3, 0.4) is 0 Å². The van der Waals surface area contributed by atoms with Crippen molar-refractivity contribution in [2.45, 2.75) is 31.8 Å². The average molecular weight is 222 g/mol. The van der Waals surface area contributed by atoms with Gasteiger partial charge in [0.15, 0.2) is 0 Å². The first kappa shape index (κ1) is 11.1. The normalized spacial score (nSPS) is 17.4. The molecule has 1 aliphatic rings. The maximum atomic E-state index is 11.6. The van der Waals surface area contributed by atoms with Gasteiger partial charge >= 0.3 is 6.03 Å². The molecule has 88 valence electrons. The molecule has 0 saturated heterocycles. The monoisotopic (exact) mass is 222 g/mol. The summed E-state index contributed by atoms with van der Waals surface area (Å²) in [6.45, 7) is 2.80. The maximum absolute atomic E-state index is 11.6. The highest BCUT2D eigenvalue weighted by Gasteiger charge is 2.29. The standard InChI is InChI=1S/C11H18N4O/c1-9(14(2)10-3-4-10)7-13-11(16)15-6-5-12-8-15/h5-6,8-10H,3-4,7H2,1-2H3,(H,13,16). The second kappa shape index (κ2) is 4.65. The van der Waals surface area contributed by atoms with Crippen molar-refractivity contribution in [1.82, 2.24) is 19.8 Å². The molecule has 0 aliphatic heterocycles. The summed E-state index contributed by atoms with van der Waals surface area (Å²) in [6, 6.07) is 0.980. The minimum Gasteiger partial charge on any atom is -0.336 e. The molecule has 1 unspecified atom stereocenters. The van der Waals surface area contributed by atoms with Crippen LogP contribution < -0.4 is 5.32 Å². The molecule has 16 heavy (non-hydrogen) atoms. The SMILES string of the molecule is CC(CNC(=O)n1ccnc1)N(C)C1CC1. The van der Waals surface area contributed by atoms with Crippen LogP contribution in [0, 0.1) is 0 Å². The molecule has 1 N–H and O–H groups in total. The minimum absolute atomic E-state index is 0.117. The first-order valence-corrected chi connectivity index (χ1v) is 5.66. The molecular formula is C11H18N4O. The van der Waals surface area contributed by atoms with Gasteiger partial charge in [0, 0.05) is 31.0 Å². The van der Waals surface area contributed by atoms with Gasteiger partial charge in [-0.15, -0.1) is 0 Å². The van der Waals surface area contributed by atoms with Crippen LogP contribution in [0.4, 0.5) is 4.79 Å². The van der Waals surface area contributed by atoms with Crippen molar-refractivity contribution >= 4 is 6.03 Å². The van der Waals surface area contributed by atoms with Crippen molar-refractivity contribution in [2.24, 2.45) is 0 Å². The lowest BCUT2D eigenvalue weighted by Crippen LogP contribution is -2.42. The van der Waals surface area contributed by atoms with Gasteiger partial charge in [-0.05, 0) is 26.8 Å². The summed E-state index contributed by atoms with van der Waals surface area (Å²) < 4.78 is 1.45. The van der Waals surface area contributed by atoms with Gasteiger partial charge in [-0.2, -0.15) is 0 Å². The van der Waals surface area contributed by atoms with E-state index in [1.54, 1.807) is 12.4 Å². The van der Waals surface area contributed by atoms with Gasteiger partial charge in [0.25, 0.3) is 0 Å². The Hall–Kier alpha value is -1.36. The van der Waals surface area contributed by atoms with Crippen molar-refractivity contribution in [2.75, 3.05) is 13.6 Å². The number of carbonyl (C=O) groups excluding carboxylic acids is 1. The van der Waals surface area contributed by atoms with E-state index in [0.29, 0.717) is 12.6 Å². The number of carbonyl (C=O) groups is 1. The lowest BCUT2D eigenvalue weighted by molar-refractivity contribution is 0.223. The molecule has 1 aromatic heterocycles. The fraction of sp³-hybridized carbons (Fsp3) is 0.636. The average Bonchev–Trinajstić information content (AvgIpc) is 2.99. The highest BCUT2D eigenvalue weighted by atomic mass is 16.2. The van der Waals surface area contributed by atoms with E-state index in [1.807, 2.05) is 0 Å². The Morgan fingerprint density at radius 2 is 2.44 bits per heavy atom. The van der Waals surface area contributed by atoms with E-state index in [1.165, 1.54) is 23.7 Å². The van der Waals surface area contributed by atoms with Crippen LogP contribution >= 0.6 is 0 Å². The molecule has 1 amide bonds. The van der Waals surface area contributed by atoms with Gasteiger partial charge < -0.3 is 5.32 Å². The number of hydrogen-bond acceptors (Lipinski definition) is 3. The van der Waals surface area contributed by atoms with Crippen LogP contribution in [0.2, 0.25) is 0 Å².